The van der Waals surface area contributed by atoms with E-state index in [0.717, 1.165) is 61.4 Å². The lowest BCUT2D eigenvalue weighted by atomic mass is 10.1. The molecule has 0 aliphatic carbocycles. The Morgan fingerprint density at radius 3 is 2.47 bits per heavy atom. The second-order valence-corrected chi connectivity index (χ2v) is 11.7. The first-order chi connectivity index (χ1) is 21.0. The van der Waals surface area contributed by atoms with Crippen LogP contribution in [0, 0.1) is 12.7 Å². The minimum atomic E-state index is -0.246. The lowest BCUT2D eigenvalue weighted by molar-refractivity contribution is 0.0574. The number of para-hydroxylation sites is 1. The molecule has 0 unspecified atom stereocenters. The summed E-state index contributed by atoms with van der Waals surface area (Å²) in [6.07, 6.45) is 5.44. The highest BCUT2D eigenvalue weighted by Gasteiger charge is 2.39. The monoisotopic (exact) mass is 584 g/mol. The number of carbonyl (C=O) groups is 1. The van der Waals surface area contributed by atoms with Crippen molar-refractivity contribution in [2.24, 2.45) is 0 Å². The van der Waals surface area contributed by atoms with Gasteiger partial charge in [-0.3, -0.25) is 14.6 Å². The Bertz CT molecular complexity index is 1540. The number of aromatic nitrogens is 1. The van der Waals surface area contributed by atoms with Crippen molar-refractivity contribution in [2.45, 2.75) is 51.4 Å². The van der Waals surface area contributed by atoms with Crippen molar-refractivity contribution in [1.82, 2.24) is 19.7 Å². The highest BCUT2D eigenvalue weighted by Crippen LogP contribution is 2.32. The number of fused-ring (bicyclic) bond motifs is 3. The molecule has 2 fully saturated rings. The Morgan fingerprint density at radius 2 is 1.72 bits per heavy atom. The van der Waals surface area contributed by atoms with Crippen LogP contribution in [0.4, 0.5) is 4.39 Å². The molecule has 2 aliphatic rings. The van der Waals surface area contributed by atoms with Crippen LogP contribution in [0.1, 0.15) is 40.7 Å². The molecule has 7 nitrogen and oxygen atoms in total. The Morgan fingerprint density at radius 1 is 0.953 bits per heavy atom. The average Bonchev–Trinajstić information content (AvgIpc) is 3.50. The van der Waals surface area contributed by atoms with Gasteiger partial charge in [-0.1, -0.05) is 36.4 Å². The number of nitrogens with one attached hydrogen (secondary N) is 1. The van der Waals surface area contributed by atoms with Crippen LogP contribution < -0.4 is 14.8 Å². The predicted molar refractivity (Wildman–Crippen MR) is 167 cm³/mol. The SMILES string of the molecule is COc1cccc2c(C(=O)NCc3ccccc3C)cn(CCCN3[C@@H]4CC[C@H]3CN(CCOc3ccc(F)cc3)C4)c12. The molecule has 43 heavy (non-hydrogen) atoms. The van der Waals surface area contributed by atoms with Gasteiger partial charge in [-0.15, -0.1) is 0 Å². The number of methoxy groups -OCH3 is 1. The van der Waals surface area contributed by atoms with Gasteiger partial charge in [-0.05, 0) is 67.6 Å². The van der Waals surface area contributed by atoms with Crippen LogP contribution in [0.2, 0.25) is 0 Å². The van der Waals surface area contributed by atoms with Crippen molar-refractivity contribution < 1.29 is 18.7 Å². The van der Waals surface area contributed by atoms with Gasteiger partial charge in [0.15, 0.2) is 0 Å². The van der Waals surface area contributed by atoms with Crippen LogP contribution in [0.5, 0.6) is 11.5 Å². The molecule has 2 atom stereocenters. The third-order valence-electron chi connectivity index (χ3n) is 9.04. The molecule has 3 aromatic carbocycles. The summed E-state index contributed by atoms with van der Waals surface area (Å²) in [5.41, 5.74) is 3.94. The van der Waals surface area contributed by atoms with Crippen LogP contribution in [0.25, 0.3) is 10.9 Å². The molecule has 6 rings (SSSR count). The van der Waals surface area contributed by atoms with E-state index in [0.29, 0.717) is 36.5 Å². The van der Waals surface area contributed by atoms with Crippen molar-refractivity contribution >= 4 is 16.8 Å². The van der Waals surface area contributed by atoms with E-state index in [9.17, 15) is 9.18 Å². The van der Waals surface area contributed by atoms with E-state index in [1.54, 1.807) is 19.2 Å². The summed E-state index contributed by atoms with van der Waals surface area (Å²) in [6, 6.07) is 21.4. The van der Waals surface area contributed by atoms with Crippen LogP contribution in [-0.4, -0.2) is 72.3 Å². The van der Waals surface area contributed by atoms with Gasteiger partial charge in [0.05, 0.1) is 18.2 Å². The second kappa shape index (κ2) is 13.2. The summed E-state index contributed by atoms with van der Waals surface area (Å²) in [5.74, 6) is 1.18. The number of hydrogen-bond donors (Lipinski definition) is 1. The predicted octanol–water partition coefficient (Wildman–Crippen LogP) is 5.65. The zero-order valence-electron chi connectivity index (χ0n) is 25.1. The molecule has 226 valence electrons. The molecule has 3 heterocycles. The molecular weight excluding hydrogens is 543 g/mol. The summed E-state index contributed by atoms with van der Waals surface area (Å²) >= 11 is 0. The molecule has 8 heteroatoms. The van der Waals surface area contributed by atoms with E-state index in [-0.39, 0.29) is 11.7 Å². The van der Waals surface area contributed by atoms with E-state index < -0.39 is 0 Å². The van der Waals surface area contributed by atoms with E-state index in [1.807, 2.05) is 36.5 Å². The third kappa shape index (κ3) is 6.55. The maximum absolute atomic E-state index is 13.4. The van der Waals surface area contributed by atoms with Gasteiger partial charge in [-0.2, -0.15) is 0 Å². The van der Waals surface area contributed by atoms with Crippen LogP contribution in [-0.2, 0) is 13.1 Å². The number of halogens is 1. The standard InChI is InChI=1S/C35H41FN4O3/c1-25-7-3-4-8-26(25)21-37-35(41)32-24-39(34-31(32)9-5-10-33(34)42-2)17-6-18-40-28-13-14-29(40)23-38(22-28)19-20-43-30-15-11-27(36)12-16-30/h3-5,7-12,15-16,24,28-29H,6,13-14,17-23H2,1-2H3,(H,37,41)/t28-,29+. The summed E-state index contributed by atoms with van der Waals surface area (Å²) in [6.45, 7) is 7.98. The van der Waals surface area contributed by atoms with Crippen LogP contribution in [0.15, 0.2) is 72.9 Å². The number of carbonyl (C=O) groups excluding carboxylic acids is 1. The largest absolute Gasteiger partial charge is 0.495 e. The number of hydrogen-bond acceptors (Lipinski definition) is 5. The fourth-order valence-corrected chi connectivity index (χ4v) is 6.80. The number of aryl methyl sites for hydroxylation is 2. The molecule has 1 N–H and O–H groups in total. The number of nitrogens with zero attached hydrogens (tertiary/aromatic N) is 3. The second-order valence-electron chi connectivity index (χ2n) is 11.7. The first-order valence-electron chi connectivity index (χ1n) is 15.3. The van der Waals surface area contributed by atoms with Crippen LogP contribution >= 0.6 is 0 Å². The molecule has 0 saturated carbocycles. The molecule has 4 aromatic rings. The summed E-state index contributed by atoms with van der Waals surface area (Å²) < 4.78 is 26.9. The maximum Gasteiger partial charge on any atom is 0.253 e. The fourth-order valence-electron chi connectivity index (χ4n) is 6.80. The maximum atomic E-state index is 13.4. The van der Waals surface area contributed by atoms with Gasteiger partial charge in [0.1, 0.15) is 23.9 Å². The fraction of sp³-hybridized carbons (Fsp3) is 0.400. The Kier molecular flexibility index (Phi) is 8.95. The average molecular weight is 585 g/mol. The van der Waals surface area contributed by atoms with Gasteiger partial charge in [-0.25, -0.2) is 4.39 Å². The molecule has 0 spiro atoms. The quantitative estimate of drug-likeness (QED) is 0.234. The topological polar surface area (TPSA) is 59.0 Å². The zero-order valence-corrected chi connectivity index (χ0v) is 25.1. The molecule has 2 aliphatic heterocycles. The van der Waals surface area contributed by atoms with Gasteiger partial charge in [0, 0.05) is 62.9 Å². The molecule has 2 saturated heterocycles. The molecule has 1 aromatic heterocycles. The number of amides is 1. The highest BCUT2D eigenvalue weighted by molar-refractivity contribution is 6.08. The molecule has 1 amide bonds. The first-order valence-corrected chi connectivity index (χ1v) is 15.3. The Balaban J connectivity index is 1.06. The van der Waals surface area contributed by atoms with E-state index in [2.05, 4.69) is 38.7 Å². The number of piperazine rings is 1. The van der Waals surface area contributed by atoms with Gasteiger partial charge in [0.2, 0.25) is 0 Å². The van der Waals surface area contributed by atoms with Crippen molar-refractivity contribution in [3.63, 3.8) is 0 Å². The normalized spacial score (nSPS) is 18.7. The van der Waals surface area contributed by atoms with Crippen molar-refractivity contribution in [2.75, 3.05) is 39.9 Å². The number of rotatable bonds is 12. The first kappa shape index (κ1) is 29.2. The molecule has 0 radical (unpaired) electrons. The summed E-state index contributed by atoms with van der Waals surface area (Å²) in [4.78, 5) is 18.6. The van der Waals surface area contributed by atoms with Crippen molar-refractivity contribution in [1.29, 1.82) is 0 Å². The molecular formula is C35H41FN4O3. The minimum absolute atomic E-state index is 0.0715. The Labute approximate surface area is 253 Å². The number of likely N-dealkylation sites (tertiary alicyclic amines) is 1. The van der Waals surface area contributed by atoms with Gasteiger partial charge >= 0.3 is 0 Å². The summed E-state index contributed by atoms with van der Waals surface area (Å²) in [5, 5.41) is 4.04. The summed E-state index contributed by atoms with van der Waals surface area (Å²) in [7, 11) is 1.69. The smallest absolute Gasteiger partial charge is 0.253 e. The minimum Gasteiger partial charge on any atom is -0.495 e. The lowest BCUT2D eigenvalue weighted by Gasteiger charge is -2.41. The van der Waals surface area contributed by atoms with Crippen molar-refractivity contribution in [3.05, 3.63) is 95.4 Å². The van der Waals surface area contributed by atoms with Gasteiger partial charge in [0.25, 0.3) is 5.91 Å². The van der Waals surface area contributed by atoms with E-state index in [4.69, 9.17) is 9.47 Å². The zero-order chi connectivity index (χ0) is 29.8. The van der Waals surface area contributed by atoms with Crippen LogP contribution in [0.3, 0.4) is 0 Å². The van der Waals surface area contributed by atoms with E-state index in [1.165, 1.54) is 30.5 Å². The highest BCUT2D eigenvalue weighted by atomic mass is 19.1. The van der Waals surface area contributed by atoms with Gasteiger partial charge < -0.3 is 19.4 Å². The number of ether oxygens (including phenoxy) is 2. The van der Waals surface area contributed by atoms with Crippen molar-refractivity contribution in [3.8, 4) is 11.5 Å². The third-order valence-corrected chi connectivity index (χ3v) is 9.04. The van der Waals surface area contributed by atoms with E-state index >= 15 is 0 Å². The number of benzene rings is 3. The Hall–Kier alpha value is -3.88. The molecule has 2 bridgehead atoms. The lowest BCUT2D eigenvalue weighted by Crippen LogP contribution is -2.54.